The molecule has 2 N–H and O–H groups in total. The molecule has 1 aliphatic rings. The van der Waals surface area contributed by atoms with Crippen molar-refractivity contribution >= 4 is 72.6 Å². The summed E-state index contributed by atoms with van der Waals surface area (Å²) in [5.74, 6) is -1.16. The van der Waals surface area contributed by atoms with Crippen LogP contribution < -0.4 is 10.7 Å². The maximum Gasteiger partial charge on any atom is 0.269 e. The minimum Gasteiger partial charge on any atom is -0.326 e. The zero-order valence-corrected chi connectivity index (χ0v) is 19.2. The number of hydrogen-bond acceptors (Lipinski definition) is 4. The van der Waals surface area contributed by atoms with Crippen molar-refractivity contribution in [1.82, 2.24) is 15.3 Å². The molecule has 1 aliphatic heterocycles. The summed E-state index contributed by atoms with van der Waals surface area (Å²) in [7, 11) is 1.51. The Labute approximate surface area is 189 Å². The average Bonchev–Trinajstić information content (AvgIpc) is 2.88. The van der Waals surface area contributed by atoms with Crippen LogP contribution in [0.4, 0.5) is 5.69 Å². The van der Waals surface area contributed by atoms with Gasteiger partial charge in [0.05, 0.1) is 6.42 Å². The predicted octanol–water partition coefficient (Wildman–Crippen LogP) is 3.31. The summed E-state index contributed by atoms with van der Waals surface area (Å²) in [6, 6.07) is 12.9. The standard InChI is InChI=1S/C19H16Br2N4O3S/c1-24-18(28)15(10-16(26)22-14-8-6-13(21)7-9-14)25(19(24)29)23-17(27)11-2-4-12(20)5-3-11/h2-9,15H,10H2,1H3,(H,22,26)(H,23,27). The first-order chi connectivity index (χ1) is 13.8. The van der Waals surface area contributed by atoms with Crippen molar-refractivity contribution in [3.8, 4) is 0 Å². The minimum absolute atomic E-state index is 0.127. The van der Waals surface area contributed by atoms with E-state index in [4.69, 9.17) is 12.2 Å². The van der Waals surface area contributed by atoms with Crippen LogP contribution in [0, 0.1) is 0 Å². The highest BCUT2D eigenvalue weighted by atomic mass is 79.9. The normalized spacial score (nSPS) is 16.2. The van der Waals surface area contributed by atoms with E-state index >= 15 is 0 Å². The number of likely N-dealkylation sites (N-methyl/N-ethyl adjacent to an activating group) is 1. The molecule has 7 nitrogen and oxygen atoms in total. The Hall–Kier alpha value is -2.30. The number of rotatable bonds is 5. The molecule has 29 heavy (non-hydrogen) atoms. The third kappa shape index (κ3) is 5.01. The van der Waals surface area contributed by atoms with Gasteiger partial charge in [-0.15, -0.1) is 0 Å². The van der Waals surface area contributed by atoms with Gasteiger partial charge >= 0.3 is 0 Å². The van der Waals surface area contributed by atoms with E-state index in [1.807, 2.05) is 0 Å². The highest BCUT2D eigenvalue weighted by molar-refractivity contribution is 9.10. The molecule has 1 saturated heterocycles. The van der Waals surface area contributed by atoms with Crippen LogP contribution in [0.2, 0.25) is 0 Å². The van der Waals surface area contributed by atoms with E-state index in [1.165, 1.54) is 17.0 Å². The zero-order valence-electron chi connectivity index (χ0n) is 15.2. The van der Waals surface area contributed by atoms with Gasteiger partial charge in [-0.1, -0.05) is 31.9 Å². The Morgan fingerprint density at radius 1 is 1.03 bits per heavy atom. The number of hydrazine groups is 1. The molecule has 150 valence electrons. The molecule has 1 atom stereocenters. The number of carbonyl (C=O) groups is 3. The number of benzene rings is 2. The van der Waals surface area contributed by atoms with E-state index in [2.05, 4.69) is 42.6 Å². The predicted molar refractivity (Wildman–Crippen MR) is 120 cm³/mol. The lowest BCUT2D eigenvalue weighted by molar-refractivity contribution is -0.130. The Kier molecular flexibility index (Phi) is 6.66. The van der Waals surface area contributed by atoms with Crippen LogP contribution in [-0.2, 0) is 9.59 Å². The van der Waals surface area contributed by atoms with E-state index in [-0.39, 0.29) is 23.3 Å². The minimum atomic E-state index is -0.928. The summed E-state index contributed by atoms with van der Waals surface area (Å²) in [5, 5.41) is 4.13. The highest BCUT2D eigenvalue weighted by Crippen LogP contribution is 2.20. The van der Waals surface area contributed by atoms with Crippen LogP contribution in [-0.4, -0.2) is 45.8 Å². The van der Waals surface area contributed by atoms with E-state index < -0.39 is 11.9 Å². The smallest absolute Gasteiger partial charge is 0.269 e. The van der Waals surface area contributed by atoms with Gasteiger partial charge < -0.3 is 5.32 Å². The van der Waals surface area contributed by atoms with Gasteiger partial charge in [0.2, 0.25) is 5.91 Å². The summed E-state index contributed by atoms with van der Waals surface area (Å²) < 4.78 is 1.72. The van der Waals surface area contributed by atoms with Crippen LogP contribution in [0.25, 0.3) is 0 Å². The molecule has 1 unspecified atom stereocenters. The summed E-state index contributed by atoms with van der Waals surface area (Å²) in [5.41, 5.74) is 3.64. The molecule has 0 aliphatic carbocycles. The van der Waals surface area contributed by atoms with Gasteiger partial charge in [-0.2, -0.15) is 0 Å². The van der Waals surface area contributed by atoms with Crippen molar-refractivity contribution in [2.45, 2.75) is 12.5 Å². The van der Waals surface area contributed by atoms with E-state index in [0.717, 1.165) is 8.95 Å². The summed E-state index contributed by atoms with van der Waals surface area (Å²) >= 11 is 11.9. The topological polar surface area (TPSA) is 81.8 Å². The number of anilines is 1. The van der Waals surface area contributed by atoms with Crippen molar-refractivity contribution in [2.24, 2.45) is 0 Å². The largest absolute Gasteiger partial charge is 0.326 e. The monoisotopic (exact) mass is 538 g/mol. The molecule has 0 radical (unpaired) electrons. The maximum absolute atomic E-state index is 12.6. The molecular formula is C19H16Br2N4O3S. The first kappa shape index (κ1) is 21.4. The van der Waals surface area contributed by atoms with Crippen LogP contribution in [0.15, 0.2) is 57.5 Å². The van der Waals surface area contributed by atoms with Crippen molar-refractivity contribution in [3.05, 3.63) is 63.0 Å². The molecule has 2 aromatic rings. The molecule has 0 saturated carbocycles. The Morgan fingerprint density at radius 2 is 1.59 bits per heavy atom. The Bertz CT molecular complexity index is 966. The number of thiocarbonyl (C=S) groups is 1. The third-order valence-corrected chi connectivity index (χ3v) is 5.78. The molecule has 0 spiro atoms. The van der Waals surface area contributed by atoms with Crippen molar-refractivity contribution in [1.29, 1.82) is 0 Å². The quantitative estimate of drug-likeness (QED) is 0.570. The third-order valence-electron chi connectivity index (χ3n) is 4.26. The van der Waals surface area contributed by atoms with Gasteiger partial charge in [0.25, 0.3) is 11.8 Å². The Morgan fingerprint density at radius 3 is 2.17 bits per heavy atom. The van der Waals surface area contributed by atoms with Gasteiger partial charge in [-0.05, 0) is 60.7 Å². The molecule has 1 fully saturated rings. The fourth-order valence-electron chi connectivity index (χ4n) is 2.72. The fourth-order valence-corrected chi connectivity index (χ4v) is 3.52. The summed E-state index contributed by atoms with van der Waals surface area (Å²) in [4.78, 5) is 38.9. The molecule has 1 heterocycles. The first-order valence-electron chi connectivity index (χ1n) is 8.49. The summed E-state index contributed by atoms with van der Waals surface area (Å²) in [6.07, 6.45) is -0.167. The van der Waals surface area contributed by atoms with Crippen LogP contribution in [0.5, 0.6) is 0 Å². The first-order valence-corrected chi connectivity index (χ1v) is 10.5. The number of nitrogens with zero attached hydrogens (tertiary/aromatic N) is 2. The molecule has 0 aromatic heterocycles. The fraction of sp³-hybridized carbons (Fsp3) is 0.158. The maximum atomic E-state index is 12.6. The zero-order chi connectivity index (χ0) is 21.1. The number of carbonyl (C=O) groups excluding carboxylic acids is 3. The SMILES string of the molecule is CN1C(=O)C(CC(=O)Nc2ccc(Br)cc2)N(NC(=O)c2ccc(Br)cc2)C1=S. The van der Waals surface area contributed by atoms with Crippen molar-refractivity contribution in [2.75, 3.05) is 12.4 Å². The number of nitrogens with one attached hydrogen (secondary N) is 2. The molecule has 3 amide bonds. The molecule has 3 rings (SSSR count). The van der Waals surface area contributed by atoms with E-state index in [9.17, 15) is 14.4 Å². The number of amides is 3. The van der Waals surface area contributed by atoms with Gasteiger partial charge in [0.1, 0.15) is 6.04 Å². The molecule has 2 aromatic carbocycles. The van der Waals surface area contributed by atoms with E-state index in [0.29, 0.717) is 11.3 Å². The summed E-state index contributed by atoms with van der Waals surface area (Å²) in [6.45, 7) is 0. The molecule has 10 heteroatoms. The molecule has 0 bridgehead atoms. The lowest BCUT2D eigenvalue weighted by Gasteiger charge is -2.24. The molecular weight excluding hydrogens is 524 g/mol. The Balaban J connectivity index is 1.72. The van der Waals surface area contributed by atoms with Crippen LogP contribution in [0.3, 0.4) is 0 Å². The van der Waals surface area contributed by atoms with Crippen LogP contribution >= 0.6 is 44.1 Å². The second-order valence-electron chi connectivity index (χ2n) is 6.27. The van der Waals surface area contributed by atoms with E-state index in [1.54, 1.807) is 48.5 Å². The lowest BCUT2D eigenvalue weighted by Crippen LogP contribution is -2.49. The van der Waals surface area contributed by atoms with Crippen molar-refractivity contribution < 1.29 is 14.4 Å². The van der Waals surface area contributed by atoms with Crippen molar-refractivity contribution in [3.63, 3.8) is 0 Å². The van der Waals surface area contributed by atoms with Gasteiger partial charge in [0.15, 0.2) is 5.11 Å². The van der Waals surface area contributed by atoms with Gasteiger partial charge in [-0.25, -0.2) is 5.01 Å². The van der Waals surface area contributed by atoms with Gasteiger partial charge in [-0.3, -0.25) is 24.7 Å². The highest BCUT2D eigenvalue weighted by Gasteiger charge is 2.42. The van der Waals surface area contributed by atoms with Crippen LogP contribution in [0.1, 0.15) is 16.8 Å². The lowest BCUT2D eigenvalue weighted by atomic mass is 10.2. The average molecular weight is 540 g/mol. The second kappa shape index (κ2) is 9.02. The second-order valence-corrected chi connectivity index (χ2v) is 8.47. The number of hydrogen-bond donors (Lipinski definition) is 2. The number of halogens is 2. The van der Waals surface area contributed by atoms with Gasteiger partial charge in [0, 0.05) is 27.2 Å².